The van der Waals surface area contributed by atoms with Gasteiger partial charge in [0.2, 0.25) is 0 Å². The Morgan fingerprint density at radius 1 is 1.50 bits per heavy atom. The van der Waals surface area contributed by atoms with E-state index < -0.39 is 0 Å². The molecule has 86 valence electrons. The Morgan fingerprint density at radius 2 is 2.31 bits per heavy atom. The summed E-state index contributed by atoms with van der Waals surface area (Å²) in [7, 11) is 0. The molecule has 2 aromatic rings. The fraction of sp³-hybridized carbons (Fsp3) is 0.455. The summed E-state index contributed by atoms with van der Waals surface area (Å²) in [5.41, 5.74) is 2.06. The summed E-state index contributed by atoms with van der Waals surface area (Å²) in [6.07, 6.45) is 3.58. The first kappa shape index (κ1) is 10.9. The second kappa shape index (κ2) is 4.49. The van der Waals surface area contributed by atoms with E-state index in [2.05, 4.69) is 27.4 Å². The minimum absolute atomic E-state index is 0.184. The lowest BCUT2D eigenvalue weighted by molar-refractivity contribution is 0.391. The summed E-state index contributed by atoms with van der Waals surface area (Å²) in [4.78, 5) is 7.29. The molecule has 2 aromatic heterocycles. The highest BCUT2D eigenvalue weighted by molar-refractivity contribution is 5.20. The second-order valence-corrected chi connectivity index (χ2v) is 3.88. The van der Waals surface area contributed by atoms with Crippen molar-refractivity contribution < 1.29 is 4.52 Å². The number of hydrogen-bond donors (Lipinski definition) is 2. The molecular formula is C11H16N4O. The van der Waals surface area contributed by atoms with Crippen molar-refractivity contribution in [3.8, 4) is 0 Å². The van der Waals surface area contributed by atoms with Crippen molar-refractivity contribution in [2.24, 2.45) is 0 Å². The van der Waals surface area contributed by atoms with Crippen LogP contribution >= 0.6 is 0 Å². The Balaban J connectivity index is 1.98. The highest BCUT2D eigenvalue weighted by Gasteiger charge is 2.11. The monoisotopic (exact) mass is 220 g/mol. The molecule has 16 heavy (non-hydrogen) atoms. The molecule has 0 amide bonds. The molecule has 0 saturated carbocycles. The number of nitrogens with zero attached hydrogens (tertiary/aromatic N) is 2. The van der Waals surface area contributed by atoms with E-state index in [-0.39, 0.29) is 6.04 Å². The number of aryl methyl sites for hydroxylation is 2. The molecule has 0 saturated heterocycles. The molecule has 0 bridgehead atoms. The first-order valence-electron chi connectivity index (χ1n) is 5.33. The average molecular weight is 220 g/mol. The molecule has 0 aliphatic carbocycles. The summed E-state index contributed by atoms with van der Waals surface area (Å²) >= 11 is 0. The van der Waals surface area contributed by atoms with Crippen LogP contribution in [-0.2, 0) is 6.54 Å². The van der Waals surface area contributed by atoms with Gasteiger partial charge in [-0.2, -0.15) is 0 Å². The Bertz CT molecular complexity index is 427. The third-order valence-electron chi connectivity index (χ3n) is 2.70. The zero-order chi connectivity index (χ0) is 11.5. The maximum absolute atomic E-state index is 5.10. The van der Waals surface area contributed by atoms with E-state index in [4.69, 9.17) is 4.52 Å². The van der Waals surface area contributed by atoms with Crippen LogP contribution in [-0.4, -0.2) is 15.1 Å². The normalized spacial score (nSPS) is 12.9. The number of H-pyrrole nitrogens is 1. The van der Waals surface area contributed by atoms with Crippen LogP contribution in [0.3, 0.4) is 0 Å². The predicted molar refractivity (Wildman–Crippen MR) is 59.8 cm³/mol. The van der Waals surface area contributed by atoms with Crippen molar-refractivity contribution >= 4 is 0 Å². The summed E-state index contributed by atoms with van der Waals surface area (Å²) in [5.74, 6) is 1.81. The summed E-state index contributed by atoms with van der Waals surface area (Å²) in [5, 5.41) is 7.29. The van der Waals surface area contributed by atoms with E-state index in [1.165, 1.54) is 0 Å². The standard InChI is InChI=1S/C11H16N4O/c1-7-10(9(3)16-15-7)6-14-8(2)11-12-4-5-13-11/h4-5,8,14H,6H2,1-3H3,(H,12,13). The number of hydrogen-bond acceptors (Lipinski definition) is 4. The molecule has 5 nitrogen and oxygen atoms in total. The van der Waals surface area contributed by atoms with E-state index in [1.54, 1.807) is 6.20 Å². The van der Waals surface area contributed by atoms with Crippen molar-refractivity contribution in [3.05, 3.63) is 35.2 Å². The summed E-state index contributed by atoms with van der Waals surface area (Å²) in [6, 6.07) is 0.184. The SMILES string of the molecule is Cc1noc(C)c1CNC(C)c1ncc[nH]1. The second-order valence-electron chi connectivity index (χ2n) is 3.88. The first-order valence-corrected chi connectivity index (χ1v) is 5.33. The lowest BCUT2D eigenvalue weighted by Crippen LogP contribution is -2.19. The van der Waals surface area contributed by atoms with Crippen LogP contribution in [0, 0.1) is 13.8 Å². The van der Waals surface area contributed by atoms with Gasteiger partial charge in [-0.05, 0) is 20.8 Å². The van der Waals surface area contributed by atoms with Crippen LogP contribution in [0.5, 0.6) is 0 Å². The molecular weight excluding hydrogens is 204 g/mol. The van der Waals surface area contributed by atoms with Gasteiger partial charge in [-0.3, -0.25) is 0 Å². The van der Waals surface area contributed by atoms with Crippen LogP contribution in [0.2, 0.25) is 0 Å². The van der Waals surface area contributed by atoms with Gasteiger partial charge in [0.05, 0.1) is 11.7 Å². The number of aromatic nitrogens is 3. The lowest BCUT2D eigenvalue weighted by Gasteiger charge is -2.10. The molecule has 1 atom stereocenters. The molecule has 0 aromatic carbocycles. The van der Waals surface area contributed by atoms with Gasteiger partial charge in [0.1, 0.15) is 11.6 Å². The van der Waals surface area contributed by atoms with Crippen LogP contribution in [0.1, 0.15) is 35.8 Å². The molecule has 0 aliphatic heterocycles. The molecule has 2 heterocycles. The quantitative estimate of drug-likeness (QED) is 0.825. The van der Waals surface area contributed by atoms with E-state index in [1.807, 2.05) is 20.0 Å². The minimum Gasteiger partial charge on any atom is -0.361 e. The third-order valence-corrected chi connectivity index (χ3v) is 2.70. The van der Waals surface area contributed by atoms with E-state index >= 15 is 0 Å². The molecule has 0 aliphatic rings. The smallest absolute Gasteiger partial charge is 0.138 e. The molecule has 0 radical (unpaired) electrons. The molecule has 5 heteroatoms. The van der Waals surface area contributed by atoms with Crippen molar-refractivity contribution in [1.29, 1.82) is 0 Å². The van der Waals surface area contributed by atoms with E-state index in [9.17, 15) is 0 Å². The van der Waals surface area contributed by atoms with Gasteiger partial charge in [-0.15, -0.1) is 0 Å². The lowest BCUT2D eigenvalue weighted by atomic mass is 10.2. The first-order chi connectivity index (χ1) is 7.68. The summed E-state index contributed by atoms with van der Waals surface area (Å²) < 4.78 is 5.10. The highest BCUT2D eigenvalue weighted by Crippen LogP contribution is 2.14. The highest BCUT2D eigenvalue weighted by atomic mass is 16.5. The fourth-order valence-corrected chi connectivity index (χ4v) is 1.62. The van der Waals surface area contributed by atoms with Gasteiger partial charge in [-0.25, -0.2) is 4.98 Å². The van der Waals surface area contributed by atoms with Gasteiger partial charge in [0.15, 0.2) is 0 Å². The van der Waals surface area contributed by atoms with Crippen LogP contribution in [0.15, 0.2) is 16.9 Å². The zero-order valence-electron chi connectivity index (χ0n) is 9.74. The maximum Gasteiger partial charge on any atom is 0.138 e. The fourth-order valence-electron chi connectivity index (χ4n) is 1.62. The van der Waals surface area contributed by atoms with Crippen LogP contribution < -0.4 is 5.32 Å². The Labute approximate surface area is 94.3 Å². The molecule has 2 N–H and O–H groups in total. The third kappa shape index (κ3) is 2.14. The molecule has 0 spiro atoms. The largest absolute Gasteiger partial charge is 0.361 e. The van der Waals surface area contributed by atoms with Gasteiger partial charge in [-0.1, -0.05) is 5.16 Å². The molecule has 1 unspecified atom stereocenters. The molecule has 0 fully saturated rings. The average Bonchev–Trinajstić information content (AvgIpc) is 2.87. The Hall–Kier alpha value is -1.62. The molecule has 2 rings (SSSR count). The van der Waals surface area contributed by atoms with Gasteiger partial charge in [0.25, 0.3) is 0 Å². The predicted octanol–water partition coefficient (Wildman–Crippen LogP) is 1.87. The number of aromatic amines is 1. The van der Waals surface area contributed by atoms with Crippen molar-refractivity contribution in [1.82, 2.24) is 20.4 Å². The van der Waals surface area contributed by atoms with E-state index in [0.29, 0.717) is 0 Å². The number of rotatable bonds is 4. The topological polar surface area (TPSA) is 66.7 Å². The minimum atomic E-state index is 0.184. The van der Waals surface area contributed by atoms with Crippen molar-refractivity contribution in [2.45, 2.75) is 33.4 Å². The Morgan fingerprint density at radius 3 is 2.88 bits per heavy atom. The van der Waals surface area contributed by atoms with Crippen LogP contribution in [0.4, 0.5) is 0 Å². The Kier molecular flexibility index (Phi) is 3.05. The maximum atomic E-state index is 5.10. The van der Waals surface area contributed by atoms with Crippen molar-refractivity contribution in [2.75, 3.05) is 0 Å². The van der Waals surface area contributed by atoms with Gasteiger partial charge < -0.3 is 14.8 Å². The van der Waals surface area contributed by atoms with E-state index in [0.717, 1.165) is 29.4 Å². The van der Waals surface area contributed by atoms with Crippen LogP contribution in [0.25, 0.3) is 0 Å². The number of imidazole rings is 1. The van der Waals surface area contributed by atoms with Gasteiger partial charge in [0, 0.05) is 24.5 Å². The van der Waals surface area contributed by atoms with Gasteiger partial charge >= 0.3 is 0 Å². The summed E-state index contributed by atoms with van der Waals surface area (Å²) in [6.45, 7) is 6.68. The zero-order valence-corrected chi connectivity index (χ0v) is 9.74. The van der Waals surface area contributed by atoms with Crippen molar-refractivity contribution in [3.63, 3.8) is 0 Å². The number of nitrogens with one attached hydrogen (secondary N) is 2.